The fourth-order valence-electron chi connectivity index (χ4n) is 2.68. The minimum atomic E-state index is -3.85. The third-order valence-electron chi connectivity index (χ3n) is 4.01. The number of carboxylic acids is 1. The molecule has 0 amide bonds. The van der Waals surface area contributed by atoms with Gasteiger partial charge >= 0.3 is 5.97 Å². The van der Waals surface area contributed by atoms with E-state index < -0.39 is 21.6 Å². The first-order valence-corrected chi connectivity index (χ1v) is 10.4. The molecular formula is C21H17ClO5S. The van der Waals surface area contributed by atoms with Crippen molar-refractivity contribution in [2.45, 2.75) is 11.5 Å². The standard InChI is InChI=1S/C21H17ClO5S/c22-20-7-2-1-6-19(20)16-5-3-4-15(12-16)13-27-17-8-10-18(11-9-17)28(25,26)14-21(23)24/h1-12H,13-14H2,(H,23,24). The summed E-state index contributed by atoms with van der Waals surface area (Å²) in [6.45, 7) is 0.291. The van der Waals surface area contributed by atoms with Crippen molar-refractivity contribution in [3.8, 4) is 16.9 Å². The van der Waals surface area contributed by atoms with Gasteiger partial charge in [-0.2, -0.15) is 0 Å². The smallest absolute Gasteiger partial charge is 0.319 e. The minimum Gasteiger partial charge on any atom is -0.489 e. The summed E-state index contributed by atoms with van der Waals surface area (Å²) < 4.78 is 29.5. The van der Waals surface area contributed by atoms with Crippen molar-refractivity contribution in [3.63, 3.8) is 0 Å². The van der Waals surface area contributed by atoms with E-state index >= 15 is 0 Å². The molecule has 0 aliphatic rings. The van der Waals surface area contributed by atoms with E-state index in [-0.39, 0.29) is 4.90 Å². The van der Waals surface area contributed by atoms with Crippen LogP contribution in [0.3, 0.4) is 0 Å². The molecule has 7 heteroatoms. The second-order valence-corrected chi connectivity index (χ2v) is 8.49. The van der Waals surface area contributed by atoms with Gasteiger partial charge in [0.25, 0.3) is 0 Å². The number of carbonyl (C=O) groups is 1. The number of benzene rings is 3. The van der Waals surface area contributed by atoms with E-state index in [0.717, 1.165) is 16.7 Å². The van der Waals surface area contributed by atoms with Gasteiger partial charge in [-0.05, 0) is 47.5 Å². The van der Waals surface area contributed by atoms with Gasteiger partial charge in [0.15, 0.2) is 15.6 Å². The Bertz CT molecular complexity index is 1090. The van der Waals surface area contributed by atoms with Gasteiger partial charge in [-0.15, -0.1) is 0 Å². The van der Waals surface area contributed by atoms with E-state index in [0.29, 0.717) is 17.4 Å². The molecule has 5 nitrogen and oxygen atoms in total. The molecule has 0 saturated carbocycles. The van der Waals surface area contributed by atoms with Crippen LogP contribution >= 0.6 is 11.6 Å². The Morgan fingerprint density at radius 1 is 0.964 bits per heavy atom. The average Bonchev–Trinajstić information content (AvgIpc) is 2.66. The molecule has 0 aromatic heterocycles. The van der Waals surface area contributed by atoms with Crippen molar-refractivity contribution in [2.75, 3.05) is 5.75 Å². The molecule has 0 heterocycles. The maximum Gasteiger partial charge on any atom is 0.319 e. The molecule has 0 unspecified atom stereocenters. The van der Waals surface area contributed by atoms with E-state index in [1.165, 1.54) is 24.3 Å². The Balaban J connectivity index is 1.70. The lowest BCUT2D eigenvalue weighted by atomic mass is 10.0. The SMILES string of the molecule is O=C(O)CS(=O)(=O)c1ccc(OCc2cccc(-c3ccccc3Cl)c2)cc1. The van der Waals surface area contributed by atoms with Gasteiger partial charge in [0, 0.05) is 10.6 Å². The summed E-state index contributed by atoms with van der Waals surface area (Å²) >= 11 is 6.25. The Kier molecular flexibility index (Phi) is 6.02. The minimum absolute atomic E-state index is 0.0528. The van der Waals surface area contributed by atoms with Crippen LogP contribution in [0.15, 0.2) is 77.7 Å². The zero-order chi connectivity index (χ0) is 20.1. The third-order valence-corrected chi connectivity index (χ3v) is 5.96. The first kappa shape index (κ1) is 19.9. The number of hydrogen-bond acceptors (Lipinski definition) is 4. The molecule has 0 radical (unpaired) electrons. The number of hydrogen-bond donors (Lipinski definition) is 1. The van der Waals surface area contributed by atoms with E-state index in [4.69, 9.17) is 21.4 Å². The van der Waals surface area contributed by atoms with Crippen molar-refractivity contribution < 1.29 is 23.1 Å². The van der Waals surface area contributed by atoms with Crippen LogP contribution in [0.2, 0.25) is 5.02 Å². The molecule has 3 rings (SSSR count). The van der Waals surface area contributed by atoms with E-state index in [2.05, 4.69) is 0 Å². The van der Waals surface area contributed by atoms with Crippen molar-refractivity contribution in [1.29, 1.82) is 0 Å². The van der Waals surface area contributed by atoms with E-state index in [1.807, 2.05) is 48.5 Å². The van der Waals surface area contributed by atoms with E-state index in [9.17, 15) is 13.2 Å². The summed E-state index contributed by atoms with van der Waals surface area (Å²) in [5, 5.41) is 9.35. The second kappa shape index (κ2) is 8.46. The van der Waals surface area contributed by atoms with Gasteiger partial charge in [-0.25, -0.2) is 8.42 Å². The monoisotopic (exact) mass is 416 g/mol. The topological polar surface area (TPSA) is 80.7 Å². The predicted molar refractivity (Wildman–Crippen MR) is 107 cm³/mol. The van der Waals surface area contributed by atoms with Crippen LogP contribution < -0.4 is 4.74 Å². The molecule has 0 aliphatic heterocycles. The van der Waals surface area contributed by atoms with Crippen LogP contribution in [0.1, 0.15) is 5.56 Å². The molecule has 0 saturated heterocycles. The molecule has 0 bridgehead atoms. The Labute approximate surface area is 168 Å². The number of sulfone groups is 1. The first-order chi connectivity index (χ1) is 13.3. The van der Waals surface area contributed by atoms with Crippen LogP contribution in [-0.2, 0) is 21.2 Å². The highest BCUT2D eigenvalue weighted by atomic mass is 35.5. The summed E-state index contributed by atoms with van der Waals surface area (Å²) in [6.07, 6.45) is 0. The molecule has 28 heavy (non-hydrogen) atoms. The van der Waals surface area contributed by atoms with Crippen molar-refractivity contribution >= 4 is 27.4 Å². The molecule has 0 atom stereocenters. The van der Waals surface area contributed by atoms with Gasteiger partial charge in [0.05, 0.1) is 4.90 Å². The molecule has 0 spiro atoms. The Hall–Kier alpha value is -2.83. The van der Waals surface area contributed by atoms with Crippen LogP contribution in [0.5, 0.6) is 5.75 Å². The molecule has 0 aliphatic carbocycles. The number of rotatable bonds is 7. The van der Waals surface area contributed by atoms with Gasteiger partial charge in [-0.1, -0.05) is 48.0 Å². The summed E-state index contributed by atoms with van der Waals surface area (Å²) in [6, 6.07) is 21.0. The maximum atomic E-state index is 11.9. The second-order valence-electron chi connectivity index (χ2n) is 6.09. The fraction of sp³-hybridized carbons (Fsp3) is 0.0952. The lowest BCUT2D eigenvalue weighted by molar-refractivity contribution is -0.134. The van der Waals surface area contributed by atoms with Crippen LogP contribution in [0.4, 0.5) is 0 Å². The van der Waals surface area contributed by atoms with Crippen LogP contribution in [0, 0.1) is 0 Å². The summed E-state index contributed by atoms with van der Waals surface area (Å²) in [7, 11) is -3.85. The van der Waals surface area contributed by atoms with Gasteiger partial charge < -0.3 is 9.84 Å². The Morgan fingerprint density at radius 3 is 2.36 bits per heavy atom. The number of ether oxygens (including phenoxy) is 1. The van der Waals surface area contributed by atoms with Gasteiger partial charge in [0.1, 0.15) is 12.4 Å². The zero-order valence-electron chi connectivity index (χ0n) is 14.7. The predicted octanol–water partition coefficient (Wildman–Crippen LogP) is 4.44. The van der Waals surface area contributed by atoms with Gasteiger partial charge in [-0.3, -0.25) is 4.79 Å². The van der Waals surface area contributed by atoms with Crippen LogP contribution in [-0.4, -0.2) is 25.2 Å². The zero-order valence-corrected chi connectivity index (χ0v) is 16.3. The maximum absolute atomic E-state index is 11.9. The fourth-order valence-corrected chi connectivity index (χ4v) is 3.97. The summed E-state index contributed by atoms with van der Waals surface area (Å²) in [5.41, 5.74) is 2.83. The highest BCUT2D eigenvalue weighted by Gasteiger charge is 2.18. The largest absolute Gasteiger partial charge is 0.489 e. The highest BCUT2D eigenvalue weighted by Crippen LogP contribution is 2.28. The summed E-state index contributed by atoms with van der Waals surface area (Å²) in [5.74, 6) is -1.85. The number of halogens is 1. The quantitative estimate of drug-likeness (QED) is 0.615. The Morgan fingerprint density at radius 2 is 1.68 bits per heavy atom. The van der Waals surface area contributed by atoms with Crippen molar-refractivity contribution in [3.05, 3.63) is 83.4 Å². The molecule has 3 aromatic carbocycles. The molecule has 144 valence electrons. The highest BCUT2D eigenvalue weighted by molar-refractivity contribution is 7.92. The van der Waals surface area contributed by atoms with Gasteiger partial charge in [0.2, 0.25) is 0 Å². The third kappa shape index (κ3) is 4.91. The average molecular weight is 417 g/mol. The number of aliphatic carboxylic acids is 1. The lowest BCUT2D eigenvalue weighted by Crippen LogP contribution is -2.15. The summed E-state index contributed by atoms with van der Waals surface area (Å²) in [4.78, 5) is 10.6. The van der Waals surface area contributed by atoms with Crippen molar-refractivity contribution in [1.82, 2.24) is 0 Å². The lowest BCUT2D eigenvalue weighted by Gasteiger charge is -2.10. The molecule has 1 N–H and O–H groups in total. The van der Waals surface area contributed by atoms with Crippen molar-refractivity contribution in [2.24, 2.45) is 0 Å². The first-order valence-electron chi connectivity index (χ1n) is 8.36. The molecule has 0 fully saturated rings. The normalized spacial score (nSPS) is 11.2. The molecule has 3 aromatic rings. The van der Waals surface area contributed by atoms with Crippen LogP contribution in [0.25, 0.3) is 11.1 Å². The van der Waals surface area contributed by atoms with E-state index in [1.54, 1.807) is 0 Å². The number of carboxylic acid groups (broad SMARTS) is 1. The molecular weight excluding hydrogens is 400 g/mol.